The fourth-order valence-corrected chi connectivity index (χ4v) is 4.23. The third-order valence-electron chi connectivity index (χ3n) is 4.32. The predicted octanol–water partition coefficient (Wildman–Crippen LogP) is 3.43. The molecule has 0 saturated heterocycles. The van der Waals surface area contributed by atoms with Gasteiger partial charge in [0.2, 0.25) is 10.0 Å². The van der Waals surface area contributed by atoms with E-state index in [0.717, 1.165) is 22.0 Å². The topological polar surface area (TPSA) is 75.4 Å². The van der Waals surface area contributed by atoms with Gasteiger partial charge in [0, 0.05) is 42.8 Å². The molecular formula is C20H24ClN3O2S. The van der Waals surface area contributed by atoms with E-state index in [2.05, 4.69) is 4.72 Å². The minimum Gasteiger partial charge on any atom is -0.399 e. The van der Waals surface area contributed by atoms with Crippen LogP contribution in [-0.2, 0) is 16.4 Å². The molecule has 0 aliphatic rings. The SMILES string of the molecule is CN(C)c1cccc2c(S(=O)(=O)NCCc3ccc(N)cc3)cccc12.Cl. The van der Waals surface area contributed by atoms with E-state index in [9.17, 15) is 8.42 Å². The Hall–Kier alpha value is -2.28. The van der Waals surface area contributed by atoms with Crippen LogP contribution in [0.25, 0.3) is 10.8 Å². The van der Waals surface area contributed by atoms with Crippen LogP contribution in [0.4, 0.5) is 11.4 Å². The summed E-state index contributed by atoms with van der Waals surface area (Å²) in [5.74, 6) is 0. The molecule has 0 aliphatic carbocycles. The van der Waals surface area contributed by atoms with Crippen molar-refractivity contribution < 1.29 is 8.42 Å². The normalized spacial score (nSPS) is 11.2. The maximum Gasteiger partial charge on any atom is 0.241 e. The Morgan fingerprint density at radius 1 is 0.926 bits per heavy atom. The van der Waals surface area contributed by atoms with Gasteiger partial charge in [-0.25, -0.2) is 13.1 Å². The molecule has 5 nitrogen and oxygen atoms in total. The zero-order valence-electron chi connectivity index (χ0n) is 15.3. The predicted molar refractivity (Wildman–Crippen MR) is 115 cm³/mol. The van der Waals surface area contributed by atoms with Gasteiger partial charge >= 0.3 is 0 Å². The average Bonchev–Trinajstić information content (AvgIpc) is 2.62. The Bertz CT molecular complexity index is 1020. The number of anilines is 2. The standard InChI is InChI=1S/C20H23N3O2S.ClH/c1-23(2)19-7-3-6-18-17(19)5-4-8-20(18)26(24,25)22-14-13-15-9-11-16(21)12-10-15;/h3-12,22H,13-14,21H2,1-2H3;1H. The van der Waals surface area contributed by atoms with E-state index < -0.39 is 10.0 Å². The number of fused-ring (bicyclic) bond motifs is 1. The van der Waals surface area contributed by atoms with E-state index in [1.54, 1.807) is 12.1 Å². The number of hydrogen-bond acceptors (Lipinski definition) is 4. The monoisotopic (exact) mass is 405 g/mol. The van der Waals surface area contributed by atoms with Gasteiger partial charge in [0.05, 0.1) is 4.90 Å². The summed E-state index contributed by atoms with van der Waals surface area (Å²) in [6.07, 6.45) is 0.604. The van der Waals surface area contributed by atoms with E-state index in [1.807, 2.05) is 67.5 Å². The molecule has 3 aromatic rings. The van der Waals surface area contributed by atoms with Crippen LogP contribution in [0.2, 0.25) is 0 Å². The van der Waals surface area contributed by atoms with Crippen molar-refractivity contribution in [1.82, 2.24) is 4.72 Å². The number of sulfonamides is 1. The van der Waals surface area contributed by atoms with Gasteiger partial charge in [-0.1, -0.05) is 36.4 Å². The van der Waals surface area contributed by atoms with E-state index in [1.165, 1.54) is 0 Å². The number of halogens is 1. The summed E-state index contributed by atoms with van der Waals surface area (Å²) in [7, 11) is 0.290. The van der Waals surface area contributed by atoms with Gasteiger partial charge in [0.1, 0.15) is 0 Å². The number of nitrogens with two attached hydrogens (primary N) is 1. The van der Waals surface area contributed by atoms with Crippen LogP contribution in [0.5, 0.6) is 0 Å². The molecule has 0 radical (unpaired) electrons. The lowest BCUT2D eigenvalue weighted by Gasteiger charge is -2.17. The quantitative estimate of drug-likeness (QED) is 0.616. The van der Waals surface area contributed by atoms with Gasteiger partial charge in [0.25, 0.3) is 0 Å². The Labute approximate surface area is 166 Å². The summed E-state index contributed by atoms with van der Waals surface area (Å²) in [6.45, 7) is 0.329. The van der Waals surface area contributed by atoms with Crippen LogP contribution >= 0.6 is 12.4 Å². The van der Waals surface area contributed by atoms with Gasteiger partial charge in [-0.3, -0.25) is 0 Å². The number of rotatable bonds is 6. The largest absolute Gasteiger partial charge is 0.399 e. The molecule has 0 fully saturated rings. The van der Waals surface area contributed by atoms with Crippen molar-refractivity contribution in [2.45, 2.75) is 11.3 Å². The molecule has 27 heavy (non-hydrogen) atoms. The highest BCUT2D eigenvalue weighted by Crippen LogP contribution is 2.30. The van der Waals surface area contributed by atoms with Crippen LogP contribution in [0, 0.1) is 0 Å². The third kappa shape index (κ3) is 4.71. The molecule has 0 amide bonds. The summed E-state index contributed by atoms with van der Waals surface area (Å²) in [4.78, 5) is 2.28. The maximum atomic E-state index is 12.8. The zero-order valence-corrected chi connectivity index (χ0v) is 17.0. The minimum absolute atomic E-state index is 0. The minimum atomic E-state index is -3.60. The fraction of sp³-hybridized carbons (Fsp3) is 0.200. The molecule has 144 valence electrons. The number of nitrogens with zero attached hydrogens (tertiary/aromatic N) is 1. The molecule has 7 heteroatoms. The number of nitrogens with one attached hydrogen (secondary N) is 1. The van der Waals surface area contributed by atoms with Crippen LogP contribution in [0.15, 0.2) is 65.6 Å². The van der Waals surface area contributed by atoms with E-state index >= 15 is 0 Å². The summed E-state index contributed by atoms with van der Waals surface area (Å²) in [6, 6.07) is 18.5. The highest BCUT2D eigenvalue weighted by atomic mass is 35.5. The molecule has 0 bridgehead atoms. The van der Waals surface area contributed by atoms with Crippen LogP contribution < -0.4 is 15.4 Å². The Kier molecular flexibility index (Phi) is 6.70. The lowest BCUT2D eigenvalue weighted by Crippen LogP contribution is -2.26. The number of nitrogen functional groups attached to an aromatic ring is 1. The molecular weight excluding hydrogens is 382 g/mol. The van der Waals surface area contributed by atoms with Crippen molar-refractivity contribution in [1.29, 1.82) is 0 Å². The first kappa shape index (κ1) is 21.0. The van der Waals surface area contributed by atoms with E-state index in [0.29, 0.717) is 23.5 Å². The van der Waals surface area contributed by atoms with Crippen molar-refractivity contribution in [2.75, 3.05) is 31.3 Å². The first-order valence-electron chi connectivity index (χ1n) is 8.41. The van der Waals surface area contributed by atoms with E-state index in [-0.39, 0.29) is 12.4 Å². The summed E-state index contributed by atoms with van der Waals surface area (Å²) in [5, 5.41) is 1.64. The molecule has 0 unspecified atom stereocenters. The van der Waals surface area contributed by atoms with Crippen LogP contribution in [-0.4, -0.2) is 29.1 Å². The second kappa shape index (κ2) is 8.61. The Morgan fingerprint density at radius 2 is 1.56 bits per heavy atom. The van der Waals surface area contributed by atoms with Gasteiger partial charge in [-0.05, 0) is 36.2 Å². The van der Waals surface area contributed by atoms with Gasteiger partial charge in [-0.2, -0.15) is 0 Å². The number of hydrogen-bond donors (Lipinski definition) is 2. The van der Waals surface area contributed by atoms with Crippen molar-refractivity contribution in [3.05, 3.63) is 66.2 Å². The third-order valence-corrected chi connectivity index (χ3v) is 5.84. The Morgan fingerprint density at radius 3 is 2.22 bits per heavy atom. The second-order valence-corrected chi connectivity index (χ2v) is 8.15. The molecule has 0 heterocycles. The second-order valence-electron chi connectivity index (χ2n) is 6.41. The van der Waals surface area contributed by atoms with Gasteiger partial charge < -0.3 is 10.6 Å². The highest BCUT2D eigenvalue weighted by molar-refractivity contribution is 7.89. The number of benzene rings is 3. The zero-order chi connectivity index (χ0) is 18.7. The van der Waals surface area contributed by atoms with Crippen molar-refractivity contribution in [2.24, 2.45) is 0 Å². The maximum absolute atomic E-state index is 12.8. The highest BCUT2D eigenvalue weighted by Gasteiger charge is 2.18. The van der Waals surface area contributed by atoms with Crippen LogP contribution in [0.1, 0.15) is 5.56 Å². The summed E-state index contributed by atoms with van der Waals surface area (Å²) in [5.41, 5.74) is 8.39. The Balaban J connectivity index is 0.00000261. The molecule has 0 aromatic heterocycles. The molecule has 0 atom stereocenters. The van der Waals surface area contributed by atoms with Gasteiger partial charge in [-0.15, -0.1) is 12.4 Å². The summed E-state index contributed by atoms with van der Waals surface area (Å²) >= 11 is 0. The molecule has 3 N–H and O–H groups in total. The fourth-order valence-electron chi connectivity index (χ4n) is 2.98. The van der Waals surface area contributed by atoms with E-state index in [4.69, 9.17) is 5.73 Å². The van der Waals surface area contributed by atoms with Gasteiger partial charge in [0.15, 0.2) is 0 Å². The first-order chi connectivity index (χ1) is 12.4. The van der Waals surface area contributed by atoms with Crippen molar-refractivity contribution >= 4 is 44.6 Å². The van der Waals surface area contributed by atoms with Crippen LogP contribution in [0.3, 0.4) is 0 Å². The molecule has 3 rings (SSSR count). The molecule has 3 aromatic carbocycles. The van der Waals surface area contributed by atoms with Crippen molar-refractivity contribution in [3.63, 3.8) is 0 Å². The molecule has 0 spiro atoms. The van der Waals surface area contributed by atoms with Crippen molar-refractivity contribution in [3.8, 4) is 0 Å². The lowest BCUT2D eigenvalue weighted by atomic mass is 10.1. The molecule has 0 saturated carbocycles. The smallest absolute Gasteiger partial charge is 0.241 e. The average molecular weight is 406 g/mol. The summed E-state index contributed by atoms with van der Waals surface area (Å²) < 4.78 is 28.4. The first-order valence-corrected chi connectivity index (χ1v) is 9.90. The molecule has 0 aliphatic heterocycles. The lowest BCUT2D eigenvalue weighted by molar-refractivity contribution is 0.582.